The van der Waals surface area contributed by atoms with Gasteiger partial charge in [0.05, 0.1) is 11.2 Å². The summed E-state index contributed by atoms with van der Waals surface area (Å²) in [6, 6.07) is 16.5. The van der Waals surface area contributed by atoms with Crippen molar-refractivity contribution in [3.8, 4) is 0 Å². The van der Waals surface area contributed by atoms with Crippen LogP contribution in [-0.4, -0.2) is 16.0 Å². The third-order valence-electron chi connectivity index (χ3n) is 3.47. The van der Waals surface area contributed by atoms with Crippen molar-refractivity contribution in [2.75, 3.05) is 5.32 Å². The second kappa shape index (κ2) is 5.95. The Morgan fingerprint density at radius 3 is 2.68 bits per heavy atom. The van der Waals surface area contributed by atoms with Crippen LogP contribution in [0, 0.1) is 6.92 Å². The third kappa shape index (κ3) is 2.82. The van der Waals surface area contributed by atoms with Gasteiger partial charge < -0.3 is 10.4 Å². The molecule has 0 radical (unpaired) electrons. The van der Waals surface area contributed by atoms with Crippen LogP contribution in [0.4, 0.5) is 5.69 Å². The Balaban J connectivity index is 1.91. The molecule has 0 aliphatic rings. The molecule has 0 aliphatic heterocycles. The predicted molar refractivity (Wildman–Crippen MR) is 86.5 cm³/mol. The largest absolute Gasteiger partial charge is 0.378 e. The van der Waals surface area contributed by atoms with Crippen LogP contribution < -0.4 is 5.32 Å². The lowest BCUT2D eigenvalue weighted by Crippen LogP contribution is -2.21. The first-order chi connectivity index (χ1) is 10.6. The highest BCUT2D eigenvalue weighted by Crippen LogP contribution is 2.24. The molecule has 1 aromatic heterocycles. The number of hydrogen-bond donors (Lipinski definition) is 2. The van der Waals surface area contributed by atoms with E-state index in [2.05, 4.69) is 10.3 Å². The Bertz CT molecular complexity index is 816. The van der Waals surface area contributed by atoms with Crippen molar-refractivity contribution in [1.29, 1.82) is 0 Å². The number of pyridine rings is 1. The number of amides is 1. The number of nitrogens with one attached hydrogen (secondary N) is 1. The summed E-state index contributed by atoms with van der Waals surface area (Å²) in [6.45, 7) is 1.95. The molecule has 4 nitrogen and oxygen atoms in total. The van der Waals surface area contributed by atoms with Crippen LogP contribution >= 0.6 is 0 Å². The van der Waals surface area contributed by atoms with Gasteiger partial charge in [0, 0.05) is 11.6 Å². The van der Waals surface area contributed by atoms with Crippen molar-refractivity contribution in [2.45, 2.75) is 13.0 Å². The van der Waals surface area contributed by atoms with Crippen molar-refractivity contribution in [2.24, 2.45) is 0 Å². The molecule has 0 saturated heterocycles. The van der Waals surface area contributed by atoms with Gasteiger partial charge in [0.15, 0.2) is 6.10 Å². The molecule has 0 aliphatic carbocycles. The van der Waals surface area contributed by atoms with E-state index in [4.69, 9.17) is 0 Å². The van der Waals surface area contributed by atoms with Gasteiger partial charge in [0.2, 0.25) is 0 Å². The minimum absolute atomic E-state index is 0.469. The molecule has 1 unspecified atom stereocenters. The number of carbonyl (C=O) groups is 1. The number of aryl methyl sites for hydroxylation is 1. The predicted octanol–water partition coefficient (Wildman–Crippen LogP) is 3.22. The highest BCUT2D eigenvalue weighted by molar-refractivity contribution is 6.02. The van der Waals surface area contributed by atoms with E-state index in [0.29, 0.717) is 16.8 Å². The summed E-state index contributed by atoms with van der Waals surface area (Å²) in [7, 11) is 0. The molecule has 3 aromatic rings. The number of hydrogen-bond acceptors (Lipinski definition) is 3. The van der Waals surface area contributed by atoms with Crippen LogP contribution in [0.25, 0.3) is 10.9 Å². The van der Waals surface area contributed by atoms with Crippen LogP contribution in [0.2, 0.25) is 0 Å². The zero-order valence-electron chi connectivity index (χ0n) is 12.2. The third-order valence-corrected chi connectivity index (χ3v) is 3.47. The standard InChI is InChI=1S/C18H16N2O2/c1-12-10-14-8-5-9-19-16(14)15(11-12)20-18(22)17(21)13-6-3-2-4-7-13/h2-11,17,21H,1H3,(H,20,22). The zero-order valence-corrected chi connectivity index (χ0v) is 12.2. The van der Waals surface area contributed by atoms with Gasteiger partial charge in [0.1, 0.15) is 0 Å². The molecule has 2 aromatic carbocycles. The van der Waals surface area contributed by atoms with E-state index >= 15 is 0 Å². The molecule has 4 heteroatoms. The molecule has 0 saturated carbocycles. The molecule has 1 heterocycles. The summed E-state index contributed by atoms with van der Waals surface area (Å²) in [4.78, 5) is 16.6. The van der Waals surface area contributed by atoms with Crippen LogP contribution in [0.5, 0.6) is 0 Å². The van der Waals surface area contributed by atoms with Crippen LogP contribution in [-0.2, 0) is 4.79 Å². The molecule has 110 valence electrons. The Labute approximate surface area is 128 Å². The number of nitrogens with zero attached hydrogens (tertiary/aromatic N) is 1. The van der Waals surface area contributed by atoms with Gasteiger partial charge in [0.25, 0.3) is 5.91 Å². The highest BCUT2D eigenvalue weighted by Gasteiger charge is 2.18. The van der Waals surface area contributed by atoms with Gasteiger partial charge >= 0.3 is 0 Å². The van der Waals surface area contributed by atoms with E-state index < -0.39 is 12.0 Å². The first-order valence-electron chi connectivity index (χ1n) is 7.04. The number of rotatable bonds is 3. The normalized spacial score (nSPS) is 12.1. The van der Waals surface area contributed by atoms with Gasteiger partial charge in [-0.25, -0.2) is 0 Å². The number of carbonyl (C=O) groups excluding carboxylic acids is 1. The molecular formula is C18H16N2O2. The van der Waals surface area contributed by atoms with Crippen molar-refractivity contribution < 1.29 is 9.90 Å². The fourth-order valence-electron chi connectivity index (χ4n) is 2.43. The molecule has 0 fully saturated rings. The molecule has 22 heavy (non-hydrogen) atoms. The van der Waals surface area contributed by atoms with Gasteiger partial charge in [-0.2, -0.15) is 0 Å². The van der Waals surface area contributed by atoms with Crippen molar-refractivity contribution in [3.05, 3.63) is 71.9 Å². The van der Waals surface area contributed by atoms with Gasteiger partial charge in [-0.15, -0.1) is 0 Å². The first kappa shape index (κ1) is 14.2. The second-order valence-corrected chi connectivity index (χ2v) is 5.19. The average molecular weight is 292 g/mol. The molecule has 0 bridgehead atoms. The van der Waals surface area contributed by atoms with Crippen LogP contribution in [0.15, 0.2) is 60.8 Å². The van der Waals surface area contributed by atoms with E-state index in [0.717, 1.165) is 10.9 Å². The fourth-order valence-corrected chi connectivity index (χ4v) is 2.43. The quantitative estimate of drug-likeness (QED) is 0.779. The van der Waals surface area contributed by atoms with Gasteiger partial charge in [-0.1, -0.05) is 36.4 Å². The Morgan fingerprint density at radius 1 is 1.14 bits per heavy atom. The molecular weight excluding hydrogens is 276 g/mol. The number of benzene rings is 2. The topological polar surface area (TPSA) is 62.2 Å². The summed E-state index contributed by atoms with van der Waals surface area (Å²) >= 11 is 0. The number of anilines is 1. The summed E-state index contributed by atoms with van der Waals surface area (Å²) in [5.41, 5.74) is 2.90. The SMILES string of the molecule is Cc1cc(NC(=O)C(O)c2ccccc2)c2ncccc2c1. The van der Waals surface area contributed by atoms with Crippen molar-refractivity contribution >= 4 is 22.5 Å². The molecule has 3 rings (SSSR count). The lowest BCUT2D eigenvalue weighted by molar-refractivity contribution is -0.124. The minimum atomic E-state index is -1.21. The minimum Gasteiger partial charge on any atom is -0.378 e. The lowest BCUT2D eigenvalue weighted by atomic mass is 10.1. The number of aliphatic hydroxyl groups excluding tert-OH is 1. The van der Waals surface area contributed by atoms with Crippen molar-refractivity contribution in [1.82, 2.24) is 4.98 Å². The zero-order chi connectivity index (χ0) is 15.5. The van der Waals surface area contributed by atoms with E-state index in [1.54, 1.807) is 30.5 Å². The maximum Gasteiger partial charge on any atom is 0.257 e. The summed E-state index contributed by atoms with van der Waals surface area (Å²) in [6.07, 6.45) is 0.474. The molecule has 2 N–H and O–H groups in total. The fraction of sp³-hybridized carbons (Fsp3) is 0.111. The molecule has 0 spiro atoms. The van der Waals surface area contributed by atoms with Gasteiger partial charge in [-0.05, 0) is 36.2 Å². The maximum absolute atomic E-state index is 12.3. The van der Waals surface area contributed by atoms with E-state index in [1.165, 1.54) is 0 Å². The number of aromatic nitrogens is 1. The second-order valence-electron chi connectivity index (χ2n) is 5.19. The first-order valence-corrected chi connectivity index (χ1v) is 7.04. The van der Waals surface area contributed by atoms with Crippen LogP contribution in [0.1, 0.15) is 17.2 Å². The van der Waals surface area contributed by atoms with E-state index in [1.807, 2.05) is 37.3 Å². The highest BCUT2D eigenvalue weighted by atomic mass is 16.3. The van der Waals surface area contributed by atoms with Gasteiger partial charge in [-0.3, -0.25) is 9.78 Å². The van der Waals surface area contributed by atoms with E-state index in [-0.39, 0.29) is 0 Å². The molecule has 1 amide bonds. The smallest absolute Gasteiger partial charge is 0.257 e. The Kier molecular flexibility index (Phi) is 3.85. The Morgan fingerprint density at radius 2 is 1.91 bits per heavy atom. The average Bonchev–Trinajstić information content (AvgIpc) is 2.54. The molecule has 1 atom stereocenters. The summed E-state index contributed by atoms with van der Waals surface area (Å²) < 4.78 is 0. The maximum atomic E-state index is 12.3. The lowest BCUT2D eigenvalue weighted by Gasteiger charge is -2.13. The number of aliphatic hydroxyl groups is 1. The Hall–Kier alpha value is -2.72. The van der Waals surface area contributed by atoms with Crippen LogP contribution in [0.3, 0.4) is 0 Å². The van der Waals surface area contributed by atoms with Crippen molar-refractivity contribution in [3.63, 3.8) is 0 Å². The monoisotopic (exact) mass is 292 g/mol. The summed E-state index contributed by atoms with van der Waals surface area (Å²) in [5, 5.41) is 13.9. The summed E-state index contributed by atoms with van der Waals surface area (Å²) in [5.74, 6) is -0.469. The van der Waals surface area contributed by atoms with E-state index in [9.17, 15) is 9.90 Å². The number of fused-ring (bicyclic) bond motifs is 1.